The first-order valence-electron chi connectivity index (χ1n) is 8.81. The van der Waals surface area contributed by atoms with Gasteiger partial charge >= 0.3 is 0 Å². The van der Waals surface area contributed by atoms with E-state index in [4.69, 9.17) is 0 Å². The molecule has 1 aromatic rings. The number of para-hydroxylation sites is 1. The van der Waals surface area contributed by atoms with Crippen LogP contribution in [0.15, 0.2) is 24.3 Å². The van der Waals surface area contributed by atoms with E-state index in [9.17, 15) is 0 Å². The summed E-state index contributed by atoms with van der Waals surface area (Å²) in [5.41, 5.74) is 2.90. The first-order valence-corrected chi connectivity index (χ1v) is 8.81. The highest BCUT2D eigenvalue weighted by molar-refractivity contribution is 5.54. The molecule has 2 nitrogen and oxygen atoms in total. The summed E-state index contributed by atoms with van der Waals surface area (Å²) in [4.78, 5) is 2.81. The molecule has 116 valence electrons. The van der Waals surface area contributed by atoms with Gasteiger partial charge in [0.2, 0.25) is 0 Å². The van der Waals surface area contributed by atoms with Crippen LogP contribution in [0.2, 0.25) is 0 Å². The maximum absolute atomic E-state index is 3.56. The van der Waals surface area contributed by atoms with Crippen LogP contribution >= 0.6 is 0 Å². The summed E-state index contributed by atoms with van der Waals surface area (Å²) in [5, 5.41) is 3.56. The first-order chi connectivity index (χ1) is 10.2. The Balaban J connectivity index is 1.73. The van der Waals surface area contributed by atoms with Crippen LogP contribution in [0, 0.1) is 5.92 Å². The number of fused-ring (bicyclic) bond motifs is 1. The van der Waals surface area contributed by atoms with Gasteiger partial charge in [0.1, 0.15) is 0 Å². The van der Waals surface area contributed by atoms with Gasteiger partial charge in [-0.15, -0.1) is 0 Å². The molecule has 1 unspecified atom stereocenters. The zero-order valence-electron chi connectivity index (χ0n) is 13.6. The lowest BCUT2D eigenvalue weighted by atomic mass is 9.90. The van der Waals surface area contributed by atoms with Crippen molar-refractivity contribution in [2.75, 3.05) is 25.0 Å². The highest BCUT2D eigenvalue weighted by Gasteiger charge is 2.28. The zero-order valence-corrected chi connectivity index (χ0v) is 13.6. The average molecular weight is 286 g/mol. The lowest BCUT2D eigenvalue weighted by Crippen LogP contribution is -2.40. The number of hydrogen-bond donors (Lipinski definition) is 1. The van der Waals surface area contributed by atoms with E-state index < -0.39 is 0 Å². The fraction of sp³-hybridized carbons (Fsp3) is 0.684. The Morgan fingerprint density at radius 1 is 1.14 bits per heavy atom. The number of anilines is 1. The molecular formula is C19H30N2. The number of rotatable bonds is 5. The standard InChI is InChI=1S/C19H30N2/c1-15(2)13-21(17-7-3-4-8-17)14-16-11-12-20-19-10-6-5-9-18(16)19/h5-6,9-10,15-17,20H,3-4,7-8,11-14H2,1-2H3. The molecule has 0 saturated heterocycles. The summed E-state index contributed by atoms with van der Waals surface area (Å²) in [6, 6.07) is 9.76. The predicted molar refractivity (Wildman–Crippen MR) is 91.0 cm³/mol. The molecule has 1 aliphatic carbocycles. The summed E-state index contributed by atoms with van der Waals surface area (Å²) in [6.07, 6.45) is 6.97. The van der Waals surface area contributed by atoms with Crippen molar-refractivity contribution in [2.45, 2.75) is 57.9 Å². The van der Waals surface area contributed by atoms with Crippen molar-refractivity contribution in [1.29, 1.82) is 0 Å². The molecule has 1 atom stereocenters. The maximum atomic E-state index is 3.56. The van der Waals surface area contributed by atoms with Crippen LogP contribution in [-0.2, 0) is 0 Å². The lowest BCUT2D eigenvalue weighted by molar-refractivity contribution is 0.164. The molecule has 2 aliphatic rings. The summed E-state index contributed by atoms with van der Waals surface area (Å²) in [6.45, 7) is 8.36. The minimum absolute atomic E-state index is 0.710. The second kappa shape index (κ2) is 6.83. The van der Waals surface area contributed by atoms with Crippen LogP contribution in [0.4, 0.5) is 5.69 Å². The SMILES string of the molecule is CC(C)CN(CC1CCNc2ccccc21)C1CCCC1. The topological polar surface area (TPSA) is 15.3 Å². The van der Waals surface area contributed by atoms with Gasteiger partial charge in [0.25, 0.3) is 0 Å². The third-order valence-electron chi connectivity index (χ3n) is 5.10. The molecular weight excluding hydrogens is 256 g/mol. The van der Waals surface area contributed by atoms with E-state index in [1.54, 1.807) is 0 Å². The molecule has 0 radical (unpaired) electrons. The smallest absolute Gasteiger partial charge is 0.0376 e. The maximum Gasteiger partial charge on any atom is 0.0376 e. The Morgan fingerprint density at radius 2 is 1.90 bits per heavy atom. The van der Waals surface area contributed by atoms with Crippen molar-refractivity contribution >= 4 is 5.69 Å². The second-order valence-electron chi connectivity index (χ2n) is 7.29. The summed E-state index contributed by atoms with van der Waals surface area (Å²) >= 11 is 0. The van der Waals surface area contributed by atoms with Crippen molar-refractivity contribution in [2.24, 2.45) is 5.92 Å². The van der Waals surface area contributed by atoms with E-state index >= 15 is 0 Å². The van der Waals surface area contributed by atoms with Gasteiger partial charge in [-0.1, -0.05) is 44.9 Å². The molecule has 1 saturated carbocycles. The molecule has 1 aromatic carbocycles. The predicted octanol–water partition coefficient (Wildman–Crippen LogP) is 4.49. The van der Waals surface area contributed by atoms with E-state index in [0.29, 0.717) is 5.92 Å². The first kappa shape index (κ1) is 14.9. The van der Waals surface area contributed by atoms with Gasteiger partial charge < -0.3 is 5.32 Å². The van der Waals surface area contributed by atoms with E-state index in [-0.39, 0.29) is 0 Å². The third kappa shape index (κ3) is 3.60. The molecule has 1 N–H and O–H groups in total. The van der Waals surface area contributed by atoms with Crippen molar-refractivity contribution < 1.29 is 0 Å². The average Bonchev–Trinajstić information content (AvgIpc) is 3.01. The Bertz CT molecular complexity index is 449. The number of nitrogens with zero attached hydrogens (tertiary/aromatic N) is 1. The summed E-state index contributed by atoms with van der Waals surface area (Å²) in [7, 11) is 0. The minimum Gasteiger partial charge on any atom is -0.385 e. The molecule has 0 aromatic heterocycles. The number of hydrogen-bond acceptors (Lipinski definition) is 2. The van der Waals surface area contributed by atoms with Crippen LogP contribution in [0.1, 0.15) is 57.4 Å². The van der Waals surface area contributed by atoms with Crippen molar-refractivity contribution in [3.8, 4) is 0 Å². The largest absolute Gasteiger partial charge is 0.385 e. The summed E-state index contributed by atoms with van der Waals surface area (Å²) in [5.74, 6) is 1.48. The van der Waals surface area contributed by atoms with Crippen LogP contribution in [0.3, 0.4) is 0 Å². The highest BCUT2D eigenvalue weighted by atomic mass is 15.2. The van der Waals surface area contributed by atoms with Crippen molar-refractivity contribution in [3.63, 3.8) is 0 Å². The molecule has 0 bridgehead atoms. The molecule has 0 spiro atoms. The summed E-state index contributed by atoms with van der Waals surface area (Å²) < 4.78 is 0. The van der Waals surface area contributed by atoms with Gasteiger partial charge in [0.05, 0.1) is 0 Å². The van der Waals surface area contributed by atoms with Gasteiger partial charge in [-0.05, 0) is 36.8 Å². The molecule has 3 rings (SSSR count). The number of benzene rings is 1. The monoisotopic (exact) mass is 286 g/mol. The van der Waals surface area contributed by atoms with Gasteiger partial charge in [0, 0.05) is 37.3 Å². The van der Waals surface area contributed by atoms with Gasteiger partial charge in [0.15, 0.2) is 0 Å². The Morgan fingerprint density at radius 3 is 2.67 bits per heavy atom. The number of nitrogens with one attached hydrogen (secondary N) is 1. The fourth-order valence-corrected chi connectivity index (χ4v) is 4.13. The lowest BCUT2D eigenvalue weighted by Gasteiger charge is -2.36. The van der Waals surface area contributed by atoms with E-state index in [1.165, 1.54) is 56.4 Å². The second-order valence-corrected chi connectivity index (χ2v) is 7.29. The molecule has 0 amide bonds. The van der Waals surface area contributed by atoms with Gasteiger partial charge in [-0.3, -0.25) is 4.90 Å². The molecule has 2 heteroatoms. The van der Waals surface area contributed by atoms with E-state index in [0.717, 1.165) is 18.5 Å². The molecule has 1 aliphatic heterocycles. The van der Waals surface area contributed by atoms with E-state index in [2.05, 4.69) is 48.3 Å². The fourth-order valence-electron chi connectivity index (χ4n) is 4.13. The quantitative estimate of drug-likeness (QED) is 0.858. The Labute approximate surface area is 129 Å². The van der Waals surface area contributed by atoms with Crippen molar-refractivity contribution in [3.05, 3.63) is 29.8 Å². The normalized spacial score (nSPS) is 22.6. The van der Waals surface area contributed by atoms with E-state index in [1.807, 2.05) is 0 Å². The Hall–Kier alpha value is -1.02. The van der Waals surface area contributed by atoms with Gasteiger partial charge in [-0.25, -0.2) is 0 Å². The van der Waals surface area contributed by atoms with Crippen LogP contribution < -0.4 is 5.32 Å². The highest BCUT2D eigenvalue weighted by Crippen LogP contribution is 2.34. The molecule has 1 heterocycles. The molecule has 21 heavy (non-hydrogen) atoms. The Kier molecular flexibility index (Phi) is 4.84. The van der Waals surface area contributed by atoms with Gasteiger partial charge in [-0.2, -0.15) is 0 Å². The zero-order chi connectivity index (χ0) is 14.7. The van der Waals surface area contributed by atoms with Crippen molar-refractivity contribution in [1.82, 2.24) is 4.90 Å². The van der Waals surface area contributed by atoms with Crippen LogP contribution in [-0.4, -0.2) is 30.6 Å². The van der Waals surface area contributed by atoms with Crippen LogP contribution in [0.5, 0.6) is 0 Å². The minimum atomic E-state index is 0.710. The van der Waals surface area contributed by atoms with Crippen LogP contribution in [0.25, 0.3) is 0 Å². The molecule has 1 fully saturated rings. The third-order valence-corrected chi connectivity index (χ3v) is 5.10.